The van der Waals surface area contributed by atoms with Crippen LogP contribution in [0, 0.1) is 0 Å². The number of nitrogens with zero attached hydrogens (tertiary/aromatic N) is 5. The zero-order chi connectivity index (χ0) is 20.2. The summed E-state index contributed by atoms with van der Waals surface area (Å²) >= 11 is 0. The zero-order valence-corrected chi connectivity index (χ0v) is 17.0. The average molecular weight is 393 g/mol. The predicted octanol–water partition coefficient (Wildman–Crippen LogP) is 3.11. The van der Waals surface area contributed by atoms with E-state index in [9.17, 15) is 4.79 Å². The second-order valence-electron chi connectivity index (χ2n) is 7.81. The van der Waals surface area contributed by atoms with Gasteiger partial charge in [0.15, 0.2) is 0 Å². The van der Waals surface area contributed by atoms with Crippen molar-refractivity contribution in [3.8, 4) is 0 Å². The van der Waals surface area contributed by atoms with E-state index in [0.717, 1.165) is 25.0 Å². The van der Waals surface area contributed by atoms with E-state index in [1.54, 1.807) is 4.52 Å². The first kappa shape index (κ1) is 19.5. The SMILES string of the molecule is CC(C)c1cc(C(=O)N2CCO[C@H](CCCc3ccccc3)C2)nc2ncnn12. The summed E-state index contributed by atoms with van der Waals surface area (Å²) in [7, 11) is 0. The lowest BCUT2D eigenvalue weighted by Crippen LogP contribution is -2.46. The van der Waals surface area contributed by atoms with Crippen molar-refractivity contribution in [1.29, 1.82) is 0 Å². The summed E-state index contributed by atoms with van der Waals surface area (Å²) in [5.74, 6) is 0.616. The summed E-state index contributed by atoms with van der Waals surface area (Å²) < 4.78 is 7.61. The fourth-order valence-corrected chi connectivity index (χ4v) is 3.77. The van der Waals surface area contributed by atoms with Crippen molar-refractivity contribution in [3.05, 3.63) is 59.7 Å². The number of aryl methyl sites for hydroxylation is 1. The van der Waals surface area contributed by atoms with Crippen LogP contribution in [0.1, 0.15) is 54.4 Å². The van der Waals surface area contributed by atoms with E-state index in [1.165, 1.54) is 11.9 Å². The number of carbonyl (C=O) groups is 1. The molecule has 1 aromatic carbocycles. The molecule has 0 aliphatic carbocycles. The number of aromatic nitrogens is 4. The number of hydrogen-bond acceptors (Lipinski definition) is 5. The minimum atomic E-state index is -0.0613. The lowest BCUT2D eigenvalue weighted by atomic mass is 10.0. The Balaban J connectivity index is 1.41. The molecule has 1 aliphatic rings. The van der Waals surface area contributed by atoms with E-state index in [2.05, 4.69) is 53.2 Å². The van der Waals surface area contributed by atoms with Gasteiger partial charge in [-0.2, -0.15) is 10.1 Å². The van der Waals surface area contributed by atoms with E-state index in [4.69, 9.17) is 4.74 Å². The number of carbonyl (C=O) groups excluding carboxylic acids is 1. The highest BCUT2D eigenvalue weighted by Crippen LogP contribution is 2.19. The average Bonchev–Trinajstić information content (AvgIpc) is 3.22. The summed E-state index contributed by atoms with van der Waals surface area (Å²) in [6.07, 6.45) is 4.54. The number of fused-ring (bicyclic) bond motifs is 1. The molecule has 0 spiro atoms. The van der Waals surface area contributed by atoms with Crippen molar-refractivity contribution in [2.45, 2.75) is 45.1 Å². The van der Waals surface area contributed by atoms with Crippen LogP contribution in [0.4, 0.5) is 0 Å². The second-order valence-corrected chi connectivity index (χ2v) is 7.81. The Labute approximate surface area is 170 Å². The van der Waals surface area contributed by atoms with Crippen molar-refractivity contribution >= 4 is 11.7 Å². The topological polar surface area (TPSA) is 72.6 Å². The van der Waals surface area contributed by atoms with Crippen molar-refractivity contribution in [2.75, 3.05) is 19.7 Å². The van der Waals surface area contributed by atoms with E-state index in [1.807, 2.05) is 17.0 Å². The minimum Gasteiger partial charge on any atom is -0.375 e. The molecule has 1 saturated heterocycles. The van der Waals surface area contributed by atoms with Crippen molar-refractivity contribution in [3.63, 3.8) is 0 Å². The number of hydrogen-bond donors (Lipinski definition) is 0. The van der Waals surface area contributed by atoms with Gasteiger partial charge in [-0.3, -0.25) is 4.79 Å². The van der Waals surface area contributed by atoms with Gasteiger partial charge < -0.3 is 9.64 Å². The molecule has 0 N–H and O–H groups in total. The molecular formula is C22H27N5O2. The van der Waals surface area contributed by atoms with Gasteiger partial charge in [-0.1, -0.05) is 44.2 Å². The van der Waals surface area contributed by atoms with E-state index >= 15 is 0 Å². The highest BCUT2D eigenvalue weighted by atomic mass is 16.5. The van der Waals surface area contributed by atoms with Crippen LogP contribution in [0.2, 0.25) is 0 Å². The third kappa shape index (κ3) is 4.45. The second kappa shape index (κ2) is 8.69. The van der Waals surface area contributed by atoms with Gasteiger partial charge in [-0.15, -0.1) is 0 Å². The van der Waals surface area contributed by atoms with Crippen LogP contribution in [0.25, 0.3) is 5.78 Å². The first-order chi connectivity index (χ1) is 14.1. The third-order valence-corrected chi connectivity index (χ3v) is 5.35. The van der Waals surface area contributed by atoms with E-state index in [0.29, 0.717) is 31.2 Å². The van der Waals surface area contributed by atoms with Gasteiger partial charge in [0.2, 0.25) is 0 Å². The van der Waals surface area contributed by atoms with Gasteiger partial charge in [0.25, 0.3) is 11.7 Å². The predicted molar refractivity (Wildman–Crippen MR) is 110 cm³/mol. The highest BCUT2D eigenvalue weighted by Gasteiger charge is 2.26. The molecule has 3 heterocycles. The van der Waals surface area contributed by atoms with Crippen LogP contribution >= 0.6 is 0 Å². The van der Waals surface area contributed by atoms with Crippen LogP contribution in [0.15, 0.2) is 42.7 Å². The summed E-state index contributed by atoms with van der Waals surface area (Å²) in [4.78, 5) is 23.6. The van der Waals surface area contributed by atoms with E-state index < -0.39 is 0 Å². The Hall–Kier alpha value is -2.80. The molecule has 29 heavy (non-hydrogen) atoms. The largest absolute Gasteiger partial charge is 0.375 e. The standard InChI is InChI=1S/C22H27N5O2/c1-16(2)20-13-19(25-22-23-15-24-27(20)22)21(28)26-11-12-29-18(14-26)10-6-9-17-7-4-3-5-8-17/h3-5,7-8,13,15-16,18H,6,9-12,14H2,1-2H3/t18-/m1/s1. The number of ether oxygens (including phenoxy) is 1. The van der Waals surface area contributed by atoms with Crippen LogP contribution < -0.4 is 0 Å². The van der Waals surface area contributed by atoms with Crippen LogP contribution in [0.3, 0.4) is 0 Å². The van der Waals surface area contributed by atoms with Gasteiger partial charge >= 0.3 is 0 Å². The minimum absolute atomic E-state index is 0.0613. The van der Waals surface area contributed by atoms with Crippen LogP contribution in [-0.2, 0) is 11.2 Å². The third-order valence-electron chi connectivity index (χ3n) is 5.35. The Bertz CT molecular complexity index is 970. The van der Waals surface area contributed by atoms with Gasteiger partial charge in [-0.05, 0) is 36.8 Å². The van der Waals surface area contributed by atoms with Gasteiger partial charge in [0.05, 0.1) is 18.4 Å². The van der Waals surface area contributed by atoms with Gasteiger partial charge in [-0.25, -0.2) is 9.50 Å². The number of rotatable bonds is 6. The quantitative estimate of drug-likeness (QED) is 0.643. The first-order valence-electron chi connectivity index (χ1n) is 10.3. The van der Waals surface area contributed by atoms with Crippen molar-refractivity contribution < 1.29 is 9.53 Å². The van der Waals surface area contributed by atoms with Crippen molar-refractivity contribution in [1.82, 2.24) is 24.5 Å². The molecule has 7 nitrogen and oxygen atoms in total. The Kier molecular flexibility index (Phi) is 5.85. The molecule has 0 unspecified atom stereocenters. The summed E-state index contributed by atoms with van der Waals surface area (Å²) in [6.45, 7) is 5.89. The normalized spacial score (nSPS) is 17.2. The molecule has 7 heteroatoms. The number of morpholine rings is 1. The zero-order valence-electron chi connectivity index (χ0n) is 17.0. The molecule has 1 amide bonds. The molecular weight excluding hydrogens is 366 g/mol. The smallest absolute Gasteiger partial charge is 0.272 e. The Morgan fingerprint density at radius 2 is 2.10 bits per heavy atom. The Morgan fingerprint density at radius 1 is 1.28 bits per heavy atom. The molecule has 152 valence electrons. The molecule has 1 aliphatic heterocycles. The molecule has 0 bridgehead atoms. The van der Waals surface area contributed by atoms with Gasteiger partial charge in [0, 0.05) is 13.1 Å². The van der Waals surface area contributed by atoms with Crippen molar-refractivity contribution in [2.24, 2.45) is 0 Å². The molecule has 1 atom stereocenters. The fourth-order valence-electron chi connectivity index (χ4n) is 3.77. The maximum atomic E-state index is 13.1. The molecule has 4 rings (SSSR count). The summed E-state index contributed by atoms with van der Waals surface area (Å²) in [5, 5.41) is 4.22. The molecule has 0 radical (unpaired) electrons. The lowest BCUT2D eigenvalue weighted by molar-refractivity contribution is -0.0256. The number of benzene rings is 1. The summed E-state index contributed by atoms with van der Waals surface area (Å²) in [5.41, 5.74) is 2.70. The Morgan fingerprint density at radius 3 is 2.90 bits per heavy atom. The maximum Gasteiger partial charge on any atom is 0.272 e. The summed E-state index contributed by atoms with van der Waals surface area (Å²) in [6, 6.07) is 12.3. The molecule has 0 saturated carbocycles. The fraction of sp³-hybridized carbons (Fsp3) is 0.455. The monoisotopic (exact) mass is 393 g/mol. The molecule has 2 aromatic heterocycles. The van der Waals surface area contributed by atoms with Crippen LogP contribution in [-0.4, -0.2) is 56.2 Å². The number of amides is 1. The molecule has 1 fully saturated rings. The van der Waals surface area contributed by atoms with Gasteiger partial charge in [0.1, 0.15) is 12.0 Å². The molecule has 3 aromatic rings. The van der Waals surface area contributed by atoms with E-state index in [-0.39, 0.29) is 17.9 Å². The van der Waals surface area contributed by atoms with Crippen LogP contribution in [0.5, 0.6) is 0 Å². The lowest BCUT2D eigenvalue weighted by Gasteiger charge is -2.33. The highest BCUT2D eigenvalue weighted by molar-refractivity contribution is 5.93. The maximum absolute atomic E-state index is 13.1. The first-order valence-corrected chi connectivity index (χ1v) is 10.3.